The molecule has 1 saturated heterocycles. The number of piperidine rings is 1. The highest BCUT2D eigenvalue weighted by Crippen LogP contribution is 2.32. The number of nitrogens with one attached hydrogen (secondary N) is 2. The Morgan fingerprint density at radius 2 is 1.70 bits per heavy atom. The third kappa shape index (κ3) is 5.78. The van der Waals surface area contributed by atoms with Crippen molar-refractivity contribution in [3.05, 3.63) is 42.5 Å². The van der Waals surface area contributed by atoms with E-state index in [2.05, 4.69) is 21.9 Å². The van der Waals surface area contributed by atoms with Crippen LogP contribution in [0.2, 0.25) is 0 Å². The molecule has 33 heavy (non-hydrogen) atoms. The van der Waals surface area contributed by atoms with Gasteiger partial charge in [0.1, 0.15) is 0 Å². The molecule has 4 rings (SSSR count). The number of amides is 1. The van der Waals surface area contributed by atoms with E-state index in [-0.39, 0.29) is 4.90 Å². The average Bonchev–Trinajstić information content (AvgIpc) is 3.05. The molecule has 0 bridgehead atoms. The van der Waals surface area contributed by atoms with Crippen LogP contribution in [0.1, 0.15) is 33.1 Å². The van der Waals surface area contributed by atoms with Gasteiger partial charge in [-0.25, -0.2) is 8.42 Å². The van der Waals surface area contributed by atoms with Gasteiger partial charge in [-0.1, -0.05) is 6.92 Å². The number of fused-ring (bicyclic) bond motifs is 1. The Hall–Kier alpha value is -2.78. The summed E-state index contributed by atoms with van der Waals surface area (Å²) in [4.78, 5) is 15.0. The van der Waals surface area contributed by atoms with Crippen molar-refractivity contribution in [3.63, 3.8) is 0 Å². The lowest BCUT2D eigenvalue weighted by molar-refractivity contribution is -0.117. The van der Waals surface area contributed by atoms with Crippen molar-refractivity contribution < 1.29 is 22.7 Å². The quantitative estimate of drug-likeness (QED) is 0.668. The van der Waals surface area contributed by atoms with Gasteiger partial charge in [-0.05, 0) is 62.1 Å². The van der Waals surface area contributed by atoms with E-state index in [0.29, 0.717) is 30.4 Å². The lowest BCUT2D eigenvalue weighted by atomic mass is 9.99. The summed E-state index contributed by atoms with van der Waals surface area (Å²) in [5.41, 5.74) is 1.75. The van der Waals surface area contributed by atoms with Crippen molar-refractivity contribution in [3.8, 4) is 11.5 Å². The third-order valence-electron chi connectivity index (χ3n) is 6.04. The summed E-state index contributed by atoms with van der Waals surface area (Å²) in [6.45, 7) is 6.84. The van der Waals surface area contributed by atoms with Crippen LogP contribution in [0.5, 0.6) is 11.5 Å². The normalized spacial score (nSPS) is 17.8. The Labute approximate surface area is 195 Å². The molecule has 2 aromatic rings. The smallest absolute Gasteiger partial charge is 0.242 e. The van der Waals surface area contributed by atoms with Gasteiger partial charge in [0.2, 0.25) is 15.9 Å². The molecule has 1 fully saturated rings. The molecule has 0 saturated carbocycles. The SMILES string of the molecule is CC1CCN(c2ccc(NC(=O)[C@H](C)NS(=O)(=O)c3ccc4c(c3)OCCCO4)cc2)CC1. The molecule has 0 radical (unpaired) electrons. The minimum Gasteiger partial charge on any atom is -0.490 e. The first-order valence-corrected chi connectivity index (χ1v) is 12.9. The molecule has 8 nitrogen and oxygen atoms in total. The minimum absolute atomic E-state index is 0.0200. The van der Waals surface area contributed by atoms with Crippen LogP contribution in [0.25, 0.3) is 0 Å². The standard InChI is InChI=1S/C24H31N3O5S/c1-17-10-12-27(13-11-17)20-6-4-19(5-7-20)25-24(28)18(2)26-33(29,30)21-8-9-22-23(16-21)32-15-3-14-31-22/h4-9,16-18,26H,3,10-15H2,1-2H3,(H,25,28)/t18-/m0/s1. The highest BCUT2D eigenvalue weighted by molar-refractivity contribution is 7.89. The number of sulfonamides is 1. The maximum Gasteiger partial charge on any atom is 0.242 e. The van der Waals surface area contributed by atoms with Crippen molar-refractivity contribution in [2.24, 2.45) is 5.92 Å². The fraction of sp³-hybridized carbons (Fsp3) is 0.458. The van der Waals surface area contributed by atoms with Gasteiger partial charge < -0.3 is 19.7 Å². The van der Waals surface area contributed by atoms with E-state index in [4.69, 9.17) is 9.47 Å². The summed E-state index contributed by atoms with van der Waals surface area (Å²) < 4.78 is 39.2. The van der Waals surface area contributed by atoms with Crippen molar-refractivity contribution >= 4 is 27.3 Å². The molecular weight excluding hydrogens is 442 g/mol. The Morgan fingerprint density at radius 1 is 1.03 bits per heavy atom. The first kappa shape index (κ1) is 23.4. The predicted molar refractivity (Wildman–Crippen MR) is 128 cm³/mol. The number of ether oxygens (including phenoxy) is 2. The molecule has 2 aliphatic heterocycles. The van der Waals surface area contributed by atoms with Crippen molar-refractivity contribution in [2.45, 2.75) is 44.0 Å². The molecule has 2 aliphatic rings. The van der Waals surface area contributed by atoms with Gasteiger partial charge in [-0.15, -0.1) is 0 Å². The van der Waals surface area contributed by atoms with E-state index >= 15 is 0 Å². The molecule has 2 aromatic carbocycles. The number of hydrogen-bond acceptors (Lipinski definition) is 6. The van der Waals surface area contributed by atoms with Gasteiger partial charge in [-0.3, -0.25) is 4.79 Å². The lowest BCUT2D eigenvalue weighted by Gasteiger charge is -2.32. The van der Waals surface area contributed by atoms with Gasteiger partial charge in [0, 0.05) is 37.0 Å². The van der Waals surface area contributed by atoms with Crippen LogP contribution < -0.4 is 24.4 Å². The summed E-state index contributed by atoms with van der Waals surface area (Å²) in [5, 5.41) is 2.78. The zero-order valence-corrected chi connectivity index (χ0v) is 19.9. The fourth-order valence-electron chi connectivity index (χ4n) is 3.94. The number of carbonyl (C=O) groups excluding carboxylic acids is 1. The molecule has 178 valence electrons. The molecular formula is C24H31N3O5S. The highest BCUT2D eigenvalue weighted by Gasteiger charge is 2.24. The summed E-state index contributed by atoms with van der Waals surface area (Å²) in [5.74, 6) is 1.22. The van der Waals surface area contributed by atoms with E-state index in [0.717, 1.165) is 31.1 Å². The van der Waals surface area contributed by atoms with Crippen LogP contribution in [-0.2, 0) is 14.8 Å². The number of carbonyl (C=O) groups is 1. The van der Waals surface area contributed by atoms with Gasteiger partial charge in [0.15, 0.2) is 11.5 Å². The maximum absolute atomic E-state index is 12.8. The van der Waals surface area contributed by atoms with Crippen LogP contribution >= 0.6 is 0 Å². The van der Waals surface area contributed by atoms with Crippen molar-refractivity contribution in [1.82, 2.24) is 4.72 Å². The lowest BCUT2D eigenvalue weighted by Crippen LogP contribution is -2.41. The van der Waals surface area contributed by atoms with E-state index in [9.17, 15) is 13.2 Å². The van der Waals surface area contributed by atoms with E-state index in [1.165, 1.54) is 31.9 Å². The largest absolute Gasteiger partial charge is 0.490 e. The molecule has 2 N–H and O–H groups in total. The zero-order chi connectivity index (χ0) is 23.4. The second kappa shape index (κ2) is 10.0. The molecule has 2 heterocycles. The number of hydrogen-bond donors (Lipinski definition) is 2. The molecule has 1 amide bonds. The molecule has 0 aliphatic carbocycles. The Morgan fingerprint density at radius 3 is 2.39 bits per heavy atom. The zero-order valence-electron chi connectivity index (χ0n) is 19.0. The average molecular weight is 474 g/mol. The summed E-state index contributed by atoms with van der Waals surface area (Å²) in [6.07, 6.45) is 3.09. The molecule has 1 atom stereocenters. The van der Waals surface area contributed by atoms with Crippen LogP contribution in [0.15, 0.2) is 47.4 Å². The van der Waals surface area contributed by atoms with Gasteiger partial charge in [0.25, 0.3) is 0 Å². The number of nitrogens with zero attached hydrogens (tertiary/aromatic N) is 1. The second-order valence-corrected chi connectivity index (χ2v) is 10.4. The Kier molecular flexibility index (Phi) is 7.09. The molecule has 0 unspecified atom stereocenters. The first-order chi connectivity index (χ1) is 15.8. The third-order valence-corrected chi connectivity index (χ3v) is 7.58. The van der Waals surface area contributed by atoms with Crippen LogP contribution in [0, 0.1) is 5.92 Å². The van der Waals surface area contributed by atoms with E-state index in [1.54, 1.807) is 6.07 Å². The predicted octanol–water partition coefficient (Wildman–Crippen LogP) is 3.39. The van der Waals surface area contributed by atoms with Crippen LogP contribution in [0.3, 0.4) is 0 Å². The van der Waals surface area contributed by atoms with Gasteiger partial charge in [0.05, 0.1) is 24.2 Å². The Balaban J connectivity index is 1.36. The highest BCUT2D eigenvalue weighted by atomic mass is 32.2. The minimum atomic E-state index is -3.92. The molecule has 0 aromatic heterocycles. The van der Waals surface area contributed by atoms with Gasteiger partial charge >= 0.3 is 0 Å². The summed E-state index contributed by atoms with van der Waals surface area (Å²) in [6, 6.07) is 11.1. The Bertz CT molecular complexity index is 1080. The monoisotopic (exact) mass is 473 g/mol. The number of rotatable bonds is 6. The topological polar surface area (TPSA) is 97.0 Å². The first-order valence-electron chi connectivity index (χ1n) is 11.4. The van der Waals surface area contributed by atoms with Gasteiger partial charge in [-0.2, -0.15) is 4.72 Å². The number of benzene rings is 2. The number of anilines is 2. The summed E-state index contributed by atoms with van der Waals surface area (Å²) >= 11 is 0. The fourth-order valence-corrected chi connectivity index (χ4v) is 5.16. The van der Waals surface area contributed by atoms with Crippen molar-refractivity contribution in [1.29, 1.82) is 0 Å². The second-order valence-electron chi connectivity index (χ2n) is 8.71. The van der Waals surface area contributed by atoms with E-state index in [1.807, 2.05) is 24.3 Å². The molecule has 0 spiro atoms. The van der Waals surface area contributed by atoms with Crippen molar-refractivity contribution in [2.75, 3.05) is 36.5 Å². The van der Waals surface area contributed by atoms with Crippen LogP contribution in [-0.4, -0.2) is 46.7 Å². The maximum atomic E-state index is 12.8. The molecule has 9 heteroatoms. The summed E-state index contributed by atoms with van der Waals surface area (Å²) in [7, 11) is -3.92. The van der Waals surface area contributed by atoms with Crippen LogP contribution in [0.4, 0.5) is 11.4 Å². The van der Waals surface area contributed by atoms with E-state index < -0.39 is 22.0 Å².